The van der Waals surface area contributed by atoms with E-state index in [4.69, 9.17) is 28.0 Å². The summed E-state index contributed by atoms with van der Waals surface area (Å²) in [5.74, 6) is 1.64. The molecule has 0 aliphatic carbocycles. The molecule has 5 rings (SSSR count). The molecule has 0 N–H and O–H groups in total. The number of aryl methyl sites for hydroxylation is 1. The number of nitriles is 1. The zero-order valence-electron chi connectivity index (χ0n) is 34.4. The van der Waals surface area contributed by atoms with Crippen LogP contribution in [-0.2, 0) is 24.1 Å². The highest BCUT2D eigenvalue weighted by molar-refractivity contribution is 7.44. The van der Waals surface area contributed by atoms with Gasteiger partial charge in [0.25, 0.3) is 14.1 Å². The third kappa shape index (κ3) is 10.4. The van der Waals surface area contributed by atoms with E-state index >= 15 is 0 Å². The van der Waals surface area contributed by atoms with Gasteiger partial charge in [0.15, 0.2) is 0 Å². The minimum absolute atomic E-state index is 0.0830. The van der Waals surface area contributed by atoms with Crippen molar-refractivity contribution in [3.63, 3.8) is 0 Å². The molecule has 304 valence electrons. The molecule has 2 heterocycles. The molecule has 3 aromatic carbocycles. The second-order valence-corrected chi connectivity index (χ2v) is 15.9. The van der Waals surface area contributed by atoms with Crippen LogP contribution < -0.4 is 15.0 Å². The molecule has 0 bridgehead atoms. The first-order chi connectivity index (χ1) is 27.4. The van der Waals surface area contributed by atoms with Gasteiger partial charge >= 0.3 is 0 Å². The molecule has 14 heteroatoms. The fraction of sp³-hybridized carbons (Fsp3) is 0.442. The average Bonchev–Trinajstić information content (AvgIpc) is 3.60. The number of nitrogens with zero attached hydrogens (tertiary/aromatic N) is 6. The number of hydrogen-bond donors (Lipinski definition) is 0. The van der Waals surface area contributed by atoms with Crippen LogP contribution in [0.3, 0.4) is 0 Å². The molecule has 0 amide bonds. The van der Waals surface area contributed by atoms with Gasteiger partial charge in [0, 0.05) is 44.4 Å². The highest BCUT2D eigenvalue weighted by Gasteiger charge is 2.45. The number of rotatable bonds is 19. The van der Waals surface area contributed by atoms with Crippen LogP contribution in [0.15, 0.2) is 94.8 Å². The molecule has 2 unspecified atom stereocenters. The summed E-state index contributed by atoms with van der Waals surface area (Å²) in [6.45, 7) is 10.4. The molecule has 1 fully saturated rings. The summed E-state index contributed by atoms with van der Waals surface area (Å²) in [6.07, 6.45) is 2.12. The molecular weight excluding hydrogens is 743 g/mol. The van der Waals surface area contributed by atoms with Crippen LogP contribution in [-0.4, -0.2) is 91.3 Å². The lowest BCUT2D eigenvalue weighted by Gasteiger charge is -2.39. The van der Waals surface area contributed by atoms with Crippen LogP contribution >= 0.6 is 8.53 Å². The Morgan fingerprint density at radius 2 is 1.54 bits per heavy atom. The van der Waals surface area contributed by atoms with Gasteiger partial charge in [0.2, 0.25) is 5.95 Å². The van der Waals surface area contributed by atoms with Crippen LogP contribution in [0.1, 0.15) is 69.0 Å². The van der Waals surface area contributed by atoms with E-state index in [-0.39, 0.29) is 43.2 Å². The van der Waals surface area contributed by atoms with Crippen molar-refractivity contribution in [2.24, 2.45) is 4.99 Å². The van der Waals surface area contributed by atoms with Crippen molar-refractivity contribution >= 4 is 20.8 Å². The lowest BCUT2D eigenvalue weighted by atomic mass is 9.80. The normalized spacial score (nSPS) is 17.7. The highest BCUT2D eigenvalue weighted by atomic mass is 31.2. The van der Waals surface area contributed by atoms with Crippen LogP contribution in [0.25, 0.3) is 0 Å². The molecule has 0 radical (unpaired) electrons. The lowest BCUT2D eigenvalue weighted by molar-refractivity contribution is -0.0917. The van der Waals surface area contributed by atoms with Gasteiger partial charge in [0.1, 0.15) is 29.4 Å². The number of benzene rings is 3. The van der Waals surface area contributed by atoms with E-state index in [0.717, 1.165) is 16.7 Å². The van der Waals surface area contributed by atoms with E-state index in [1.54, 1.807) is 43.1 Å². The Balaban J connectivity index is 1.63. The van der Waals surface area contributed by atoms with Crippen molar-refractivity contribution in [3.8, 4) is 17.6 Å². The lowest BCUT2D eigenvalue weighted by Crippen LogP contribution is -2.39. The first-order valence-corrected chi connectivity index (χ1v) is 20.2. The monoisotopic (exact) mass is 798 g/mol. The topological polar surface area (TPSA) is 133 Å². The van der Waals surface area contributed by atoms with Crippen LogP contribution in [0.2, 0.25) is 0 Å². The molecule has 1 aliphatic rings. The van der Waals surface area contributed by atoms with Crippen molar-refractivity contribution in [1.29, 1.82) is 5.26 Å². The summed E-state index contributed by atoms with van der Waals surface area (Å²) in [7, 11) is 5.33. The number of ether oxygens (including phenoxy) is 4. The number of aliphatic imine (C=N–C) groups is 1. The number of methoxy groups -OCH3 is 2. The summed E-state index contributed by atoms with van der Waals surface area (Å²) < 4.78 is 42.7. The van der Waals surface area contributed by atoms with Crippen LogP contribution in [0, 0.1) is 18.3 Å². The van der Waals surface area contributed by atoms with Crippen molar-refractivity contribution in [1.82, 2.24) is 19.1 Å². The molecule has 57 heavy (non-hydrogen) atoms. The SMILES string of the molecule is COc1ccc(C(OC[C@H]2O[C@@H](n3cc(C)c(=O)nc3/N=C/N(C)C)CC2OP(OCCC#N)N(C(C)C)C(C)C)(c2ccccc2)c2ccc(OC)cc2)cc1. The van der Waals surface area contributed by atoms with Gasteiger partial charge in [-0.25, -0.2) is 9.66 Å². The summed E-state index contributed by atoms with van der Waals surface area (Å²) in [4.78, 5) is 23.4. The quantitative estimate of drug-likeness (QED) is 0.0303. The minimum atomic E-state index is -1.65. The third-order valence-corrected chi connectivity index (χ3v) is 11.7. The third-order valence-electron chi connectivity index (χ3n) is 9.52. The Hall–Kier alpha value is -4.67. The minimum Gasteiger partial charge on any atom is -0.497 e. The van der Waals surface area contributed by atoms with Crippen molar-refractivity contribution in [2.45, 2.75) is 83.6 Å². The Morgan fingerprint density at radius 3 is 2.07 bits per heavy atom. The van der Waals surface area contributed by atoms with Crippen LogP contribution in [0.5, 0.6) is 11.5 Å². The largest absolute Gasteiger partial charge is 0.497 e. The van der Waals surface area contributed by atoms with E-state index in [1.165, 1.54) is 0 Å². The molecule has 1 saturated heterocycles. The fourth-order valence-corrected chi connectivity index (χ4v) is 8.61. The Bertz CT molecular complexity index is 1950. The maximum atomic E-state index is 12.8. The van der Waals surface area contributed by atoms with Gasteiger partial charge in [-0.3, -0.25) is 9.36 Å². The van der Waals surface area contributed by atoms with E-state index in [0.29, 0.717) is 23.5 Å². The van der Waals surface area contributed by atoms with Gasteiger partial charge < -0.3 is 32.9 Å². The summed E-state index contributed by atoms with van der Waals surface area (Å²) in [5.41, 5.74) is 1.63. The Kier molecular flexibility index (Phi) is 15.4. The van der Waals surface area contributed by atoms with Crippen molar-refractivity contribution in [3.05, 3.63) is 118 Å². The van der Waals surface area contributed by atoms with E-state index in [1.807, 2.05) is 80.8 Å². The zero-order valence-corrected chi connectivity index (χ0v) is 35.3. The van der Waals surface area contributed by atoms with Gasteiger partial charge in [0.05, 0.1) is 52.4 Å². The summed E-state index contributed by atoms with van der Waals surface area (Å²) in [6, 6.07) is 28.2. The van der Waals surface area contributed by atoms with E-state index in [9.17, 15) is 10.1 Å². The first kappa shape index (κ1) is 43.5. The van der Waals surface area contributed by atoms with Gasteiger partial charge in [-0.1, -0.05) is 54.6 Å². The summed E-state index contributed by atoms with van der Waals surface area (Å²) >= 11 is 0. The fourth-order valence-electron chi connectivity index (χ4n) is 6.86. The van der Waals surface area contributed by atoms with Crippen molar-refractivity contribution < 1.29 is 28.0 Å². The molecular formula is C43H55N6O7P. The number of aromatic nitrogens is 2. The predicted molar refractivity (Wildman–Crippen MR) is 222 cm³/mol. The first-order valence-electron chi connectivity index (χ1n) is 19.1. The molecule has 13 nitrogen and oxygen atoms in total. The van der Waals surface area contributed by atoms with Gasteiger partial charge in [-0.05, 0) is 75.6 Å². The molecule has 0 spiro atoms. The van der Waals surface area contributed by atoms with Crippen LogP contribution in [0.4, 0.5) is 5.95 Å². The molecule has 4 aromatic rings. The molecule has 1 aromatic heterocycles. The maximum Gasteiger partial charge on any atom is 0.277 e. The highest BCUT2D eigenvalue weighted by Crippen LogP contribution is 2.51. The maximum absolute atomic E-state index is 12.8. The van der Waals surface area contributed by atoms with E-state index < -0.39 is 32.6 Å². The Labute approximate surface area is 337 Å². The van der Waals surface area contributed by atoms with Gasteiger partial charge in [-0.15, -0.1) is 0 Å². The Morgan fingerprint density at radius 1 is 0.965 bits per heavy atom. The average molecular weight is 799 g/mol. The summed E-state index contributed by atoms with van der Waals surface area (Å²) in [5, 5.41) is 9.38. The number of hydrogen-bond acceptors (Lipinski definition) is 11. The second-order valence-electron chi connectivity index (χ2n) is 14.5. The molecule has 0 saturated carbocycles. The molecule has 1 aliphatic heterocycles. The standard InChI is InChI=1S/C43H55N6O7P/c1-30(2)49(31(3)4)57(54-25-13-24-44)56-38-26-40(48-27-32(5)41(50)46-42(48)45-29-47(6)7)55-39(38)28-53-43(33-14-11-10-12-15-33,34-16-20-36(51-8)21-17-34)35-18-22-37(52-9)23-19-35/h10-12,14-23,27,29-31,38-40H,13,25-26,28H2,1-9H3/b45-29+/t38?,39-,40-,57?/m1/s1. The molecule has 4 atom stereocenters. The predicted octanol–water partition coefficient (Wildman–Crippen LogP) is 7.75. The van der Waals surface area contributed by atoms with Gasteiger partial charge in [-0.2, -0.15) is 10.2 Å². The zero-order chi connectivity index (χ0) is 41.1. The van der Waals surface area contributed by atoms with E-state index in [2.05, 4.69) is 60.5 Å². The second kappa shape index (κ2) is 20.1. The smallest absolute Gasteiger partial charge is 0.277 e. The van der Waals surface area contributed by atoms with Crippen molar-refractivity contribution in [2.75, 3.05) is 41.5 Å².